The van der Waals surface area contributed by atoms with Gasteiger partial charge in [0.05, 0.1) is 11.5 Å². The minimum absolute atomic E-state index is 0.0615. The largest absolute Gasteiger partial charge is 0.456 e. The van der Waals surface area contributed by atoms with Crippen LogP contribution >= 0.6 is 0 Å². The van der Waals surface area contributed by atoms with E-state index in [1.54, 1.807) is 0 Å². The molecule has 136 valence electrons. The van der Waals surface area contributed by atoms with Gasteiger partial charge in [0, 0.05) is 25.7 Å². The van der Waals surface area contributed by atoms with Crippen LogP contribution in [-0.2, 0) is 19.1 Å². The Morgan fingerprint density at radius 1 is 1.36 bits per heavy atom. The van der Waals surface area contributed by atoms with Gasteiger partial charge in [0.25, 0.3) is 12.3 Å². The number of ether oxygens (including phenoxy) is 1. The van der Waals surface area contributed by atoms with Gasteiger partial charge in [0.15, 0.2) is 6.61 Å². The number of hydrogen-bond donors (Lipinski definition) is 1. The molecule has 1 aliphatic heterocycles. The molecule has 1 N–H and O–H groups in total. The van der Waals surface area contributed by atoms with Crippen LogP contribution in [0, 0.1) is 11.7 Å². The monoisotopic (exact) mass is 358 g/mol. The summed E-state index contributed by atoms with van der Waals surface area (Å²) in [5, 5.41) is 2.45. The first kappa shape index (κ1) is 18.8. The summed E-state index contributed by atoms with van der Waals surface area (Å²) >= 11 is 0. The van der Waals surface area contributed by atoms with E-state index in [9.17, 15) is 27.6 Å². The lowest BCUT2D eigenvalue weighted by molar-refractivity contribution is -0.149. The number of hydrogen-bond acceptors (Lipinski definition) is 4. The molecule has 9 heteroatoms. The van der Waals surface area contributed by atoms with Crippen LogP contribution in [0.5, 0.6) is 0 Å². The van der Waals surface area contributed by atoms with Gasteiger partial charge in [0.2, 0.25) is 5.91 Å². The zero-order valence-corrected chi connectivity index (χ0v) is 13.4. The van der Waals surface area contributed by atoms with Gasteiger partial charge < -0.3 is 15.0 Å². The molecule has 1 atom stereocenters. The van der Waals surface area contributed by atoms with Crippen molar-refractivity contribution in [3.05, 3.63) is 29.6 Å². The molecular weight excluding hydrogens is 341 g/mol. The van der Waals surface area contributed by atoms with Crippen LogP contribution in [0.3, 0.4) is 0 Å². The van der Waals surface area contributed by atoms with Crippen molar-refractivity contribution in [1.82, 2.24) is 4.90 Å². The summed E-state index contributed by atoms with van der Waals surface area (Å²) < 4.78 is 43.2. The lowest BCUT2D eigenvalue weighted by atomic mass is 10.1. The maximum atomic E-state index is 13.3. The van der Waals surface area contributed by atoms with Gasteiger partial charge >= 0.3 is 5.97 Å². The Labute approximate surface area is 141 Å². The van der Waals surface area contributed by atoms with Crippen molar-refractivity contribution in [3.8, 4) is 0 Å². The fourth-order valence-corrected chi connectivity index (χ4v) is 2.49. The van der Waals surface area contributed by atoms with Gasteiger partial charge in [-0.25, -0.2) is 13.2 Å². The molecule has 0 radical (unpaired) electrons. The number of nitrogens with one attached hydrogen (secondary N) is 1. The van der Waals surface area contributed by atoms with Gasteiger partial charge in [-0.15, -0.1) is 0 Å². The Bertz CT molecular complexity index is 681. The minimum Gasteiger partial charge on any atom is -0.456 e. The van der Waals surface area contributed by atoms with Crippen LogP contribution in [0.4, 0.5) is 18.9 Å². The summed E-state index contributed by atoms with van der Waals surface area (Å²) in [6, 6.07) is 2.94. The summed E-state index contributed by atoms with van der Waals surface area (Å²) in [6.07, 6.45) is -2.60. The molecule has 1 aromatic rings. The second-order valence-corrected chi connectivity index (χ2v) is 5.63. The van der Waals surface area contributed by atoms with E-state index in [-0.39, 0.29) is 18.8 Å². The van der Waals surface area contributed by atoms with E-state index in [1.807, 2.05) is 0 Å². The summed E-state index contributed by atoms with van der Waals surface area (Å²) in [5.74, 6) is -3.01. The van der Waals surface area contributed by atoms with E-state index >= 15 is 0 Å². The number of amides is 2. The van der Waals surface area contributed by atoms with E-state index in [1.165, 1.54) is 17.9 Å². The molecule has 0 aliphatic carbocycles. The van der Waals surface area contributed by atoms with Gasteiger partial charge in [-0.05, 0) is 24.6 Å². The number of carbonyl (C=O) groups excluding carboxylic acids is 3. The van der Waals surface area contributed by atoms with Gasteiger partial charge in [-0.1, -0.05) is 0 Å². The average Bonchev–Trinajstić information content (AvgIpc) is 3.04. The Morgan fingerprint density at radius 3 is 2.72 bits per heavy atom. The molecule has 25 heavy (non-hydrogen) atoms. The Balaban J connectivity index is 1.93. The summed E-state index contributed by atoms with van der Waals surface area (Å²) in [4.78, 5) is 36.1. The van der Waals surface area contributed by atoms with E-state index in [2.05, 4.69) is 10.1 Å². The second-order valence-electron chi connectivity index (χ2n) is 5.63. The molecule has 0 spiro atoms. The predicted molar refractivity (Wildman–Crippen MR) is 81.3 cm³/mol. The quantitative estimate of drug-likeness (QED) is 0.818. The van der Waals surface area contributed by atoms with E-state index in [0.717, 1.165) is 12.1 Å². The smallest absolute Gasteiger partial charge is 0.303 e. The number of esters is 1. The van der Waals surface area contributed by atoms with Crippen molar-refractivity contribution in [2.45, 2.75) is 19.8 Å². The average molecular weight is 358 g/mol. The lowest BCUT2D eigenvalue weighted by Gasteiger charge is -2.16. The number of rotatable bonds is 5. The number of nitrogens with zero attached hydrogens (tertiary/aromatic N) is 1. The molecule has 0 saturated carbocycles. The number of halogens is 3. The summed E-state index contributed by atoms with van der Waals surface area (Å²) in [5.41, 5.74) is -0.728. The van der Waals surface area contributed by atoms with Crippen molar-refractivity contribution in [1.29, 1.82) is 0 Å². The van der Waals surface area contributed by atoms with Crippen LogP contribution < -0.4 is 5.32 Å². The second kappa shape index (κ2) is 8.00. The third-order valence-electron chi connectivity index (χ3n) is 3.81. The maximum Gasteiger partial charge on any atom is 0.303 e. The van der Waals surface area contributed by atoms with Gasteiger partial charge in [-0.2, -0.15) is 0 Å². The van der Waals surface area contributed by atoms with E-state index in [4.69, 9.17) is 0 Å². The third-order valence-corrected chi connectivity index (χ3v) is 3.81. The van der Waals surface area contributed by atoms with E-state index in [0.29, 0.717) is 13.0 Å². The van der Waals surface area contributed by atoms with Crippen molar-refractivity contribution < 1.29 is 32.3 Å². The molecule has 0 unspecified atom stereocenters. The van der Waals surface area contributed by atoms with Crippen LogP contribution in [0.2, 0.25) is 0 Å². The predicted octanol–water partition coefficient (Wildman–Crippen LogP) is 2.11. The Morgan fingerprint density at radius 2 is 2.08 bits per heavy atom. The number of benzene rings is 1. The number of anilines is 1. The van der Waals surface area contributed by atoms with Gasteiger partial charge in [0.1, 0.15) is 5.82 Å². The van der Waals surface area contributed by atoms with Crippen molar-refractivity contribution in [2.75, 3.05) is 25.0 Å². The molecule has 1 aromatic carbocycles. The molecule has 0 aromatic heterocycles. The fourth-order valence-electron chi connectivity index (χ4n) is 2.49. The van der Waals surface area contributed by atoms with Crippen molar-refractivity contribution >= 4 is 23.5 Å². The number of alkyl halides is 2. The molecule has 1 aliphatic rings. The molecule has 2 rings (SSSR count). The number of likely N-dealkylation sites (tertiary alicyclic amines) is 1. The molecule has 1 heterocycles. The fraction of sp³-hybridized carbons (Fsp3) is 0.438. The zero-order valence-electron chi connectivity index (χ0n) is 13.4. The van der Waals surface area contributed by atoms with Crippen molar-refractivity contribution in [3.63, 3.8) is 0 Å². The van der Waals surface area contributed by atoms with Gasteiger partial charge in [-0.3, -0.25) is 14.4 Å². The molecular formula is C16H17F3N2O4. The molecule has 1 fully saturated rings. The first-order valence-electron chi connectivity index (χ1n) is 7.57. The highest BCUT2D eigenvalue weighted by Gasteiger charge is 2.31. The van der Waals surface area contributed by atoms with Crippen LogP contribution in [-0.4, -0.2) is 42.4 Å². The third kappa shape index (κ3) is 4.94. The topological polar surface area (TPSA) is 75.7 Å². The maximum absolute atomic E-state index is 13.3. The first-order chi connectivity index (χ1) is 11.8. The summed E-state index contributed by atoms with van der Waals surface area (Å²) in [6.45, 7) is 1.25. The molecule has 2 amide bonds. The molecule has 6 nitrogen and oxygen atoms in total. The van der Waals surface area contributed by atoms with Crippen LogP contribution in [0.25, 0.3) is 0 Å². The van der Waals surface area contributed by atoms with Crippen LogP contribution in [0.15, 0.2) is 18.2 Å². The van der Waals surface area contributed by atoms with Crippen molar-refractivity contribution in [2.24, 2.45) is 5.92 Å². The highest BCUT2D eigenvalue weighted by atomic mass is 19.3. The Kier molecular flexibility index (Phi) is 6.00. The molecule has 0 bridgehead atoms. The van der Waals surface area contributed by atoms with E-state index < -0.39 is 41.5 Å². The summed E-state index contributed by atoms with van der Waals surface area (Å²) in [7, 11) is 0. The standard InChI is InChI=1S/C16H17F3N2O4/c1-9(22)25-8-14(23)21-5-4-10(7-21)16(24)20-11-2-3-13(17)12(6-11)15(18)19/h2-3,6,10,15H,4-5,7-8H2,1H3,(H,20,24)/t10-/m0/s1. The van der Waals surface area contributed by atoms with Crippen LogP contribution in [0.1, 0.15) is 25.3 Å². The highest BCUT2D eigenvalue weighted by molar-refractivity contribution is 5.93. The lowest BCUT2D eigenvalue weighted by Crippen LogP contribution is -2.34. The zero-order chi connectivity index (χ0) is 18.6. The first-order valence-corrected chi connectivity index (χ1v) is 7.57. The Hall–Kier alpha value is -2.58. The normalized spacial score (nSPS) is 16.8. The minimum atomic E-state index is -2.99. The SMILES string of the molecule is CC(=O)OCC(=O)N1CC[C@H](C(=O)Nc2ccc(F)c(C(F)F)c2)C1. The highest BCUT2D eigenvalue weighted by Crippen LogP contribution is 2.26. The number of carbonyl (C=O) groups is 3. The molecule has 1 saturated heterocycles.